The van der Waals surface area contributed by atoms with Gasteiger partial charge in [-0.15, -0.1) is 12.4 Å². The molecule has 3 aliphatic heterocycles. The fourth-order valence-electron chi connectivity index (χ4n) is 6.42. The van der Waals surface area contributed by atoms with Crippen LogP contribution in [0.25, 0.3) is 21.8 Å². The van der Waals surface area contributed by atoms with Crippen molar-refractivity contribution >= 4 is 40.1 Å². The number of piperazine rings is 1. The highest BCUT2D eigenvalue weighted by atomic mass is 35.5. The standard InChI is InChI=1S/C27H35N5O4.CH4.ClH/c1-17-11-24-22(25-23(26(33)29-24)14-28-32(25)18-5-9-36-10-6-18)13-21(17)27(34)31-16-19-12-20(31)15-30(19)7-3-4-8-35-2;;/h11,13-14,18-20H,3-10,12,15-16H2,1-2H3,(H,29,33);1H4;1H/t19-,20-;;/m0../s1. The van der Waals surface area contributed by atoms with Crippen molar-refractivity contribution < 1.29 is 14.3 Å². The second-order valence-corrected chi connectivity index (χ2v) is 10.6. The highest BCUT2D eigenvalue weighted by molar-refractivity contribution is 6.07. The van der Waals surface area contributed by atoms with Gasteiger partial charge in [0.15, 0.2) is 0 Å². The summed E-state index contributed by atoms with van der Waals surface area (Å²) in [5, 5.41) is 6.06. The zero-order chi connectivity index (χ0) is 24.8. The number of nitrogens with zero attached hydrogens (tertiary/aromatic N) is 4. The number of amides is 1. The quantitative estimate of drug-likeness (QED) is 0.452. The molecule has 3 aromatic rings. The lowest BCUT2D eigenvalue weighted by Gasteiger charge is -2.34. The number of benzene rings is 1. The van der Waals surface area contributed by atoms with Crippen molar-refractivity contribution in [3.63, 3.8) is 0 Å². The molecule has 0 spiro atoms. The van der Waals surface area contributed by atoms with Gasteiger partial charge in [0.1, 0.15) is 0 Å². The average molecular weight is 546 g/mol. The first-order valence-electron chi connectivity index (χ1n) is 13.2. The van der Waals surface area contributed by atoms with Crippen molar-refractivity contribution in [1.82, 2.24) is 24.6 Å². The summed E-state index contributed by atoms with van der Waals surface area (Å²) in [6.45, 7) is 6.95. The maximum absolute atomic E-state index is 13.8. The molecule has 3 aliphatic rings. The van der Waals surface area contributed by atoms with Crippen LogP contribution in [-0.2, 0) is 9.47 Å². The molecule has 3 saturated heterocycles. The summed E-state index contributed by atoms with van der Waals surface area (Å²) in [5.74, 6) is 0.0948. The number of carbonyl (C=O) groups excluding carboxylic acids is 1. The van der Waals surface area contributed by atoms with E-state index in [1.54, 1.807) is 13.3 Å². The molecule has 0 aliphatic carbocycles. The molecule has 0 radical (unpaired) electrons. The zero-order valence-corrected chi connectivity index (χ0v) is 22.4. The maximum Gasteiger partial charge on any atom is 0.259 e. The van der Waals surface area contributed by atoms with Crippen molar-refractivity contribution in [3.8, 4) is 0 Å². The highest BCUT2D eigenvalue weighted by Crippen LogP contribution is 2.34. The summed E-state index contributed by atoms with van der Waals surface area (Å²) < 4.78 is 12.7. The number of halogens is 1. The van der Waals surface area contributed by atoms with Crippen molar-refractivity contribution in [2.45, 2.75) is 64.6 Å². The van der Waals surface area contributed by atoms with Crippen molar-refractivity contribution in [3.05, 3.63) is 39.8 Å². The number of nitrogens with one attached hydrogen (secondary N) is 1. The molecule has 1 amide bonds. The second kappa shape index (κ2) is 11.7. The van der Waals surface area contributed by atoms with E-state index in [4.69, 9.17) is 9.47 Å². The summed E-state index contributed by atoms with van der Waals surface area (Å²) in [7, 11) is 1.75. The minimum Gasteiger partial charge on any atom is -0.385 e. The largest absolute Gasteiger partial charge is 0.385 e. The number of rotatable bonds is 7. The molecule has 38 heavy (non-hydrogen) atoms. The van der Waals surface area contributed by atoms with E-state index in [9.17, 15) is 9.59 Å². The summed E-state index contributed by atoms with van der Waals surface area (Å²) in [4.78, 5) is 34.3. The fraction of sp³-hybridized carbons (Fsp3) is 0.607. The summed E-state index contributed by atoms with van der Waals surface area (Å²) in [6.07, 6.45) is 6.64. The van der Waals surface area contributed by atoms with Gasteiger partial charge in [0, 0.05) is 63.1 Å². The molecular formula is C28H40ClN5O4. The Bertz CT molecular complexity index is 1350. The molecule has 10 heteroatoms. The molecule has 1 aromatic carbocycles. The Morgan fingerprint density at radius 2 is 1.92 bits per heavy atom. The predicted octanol–water partition coefficient (Wildman–Crippen LogP) is 3.92. The van der Waals surface area contributed by atoms with Crippen molar-refractivity contribution in [2.75, 3.05) is 46.6 Å². The number of ether oxygens (including phenoxy) is 2. The molecule has 2 atom stereocenters. The van der Waals surface area contributed by atoms with Gasteiger partial charge in [0.2, 0.25) is 0 Å². The van der Waals surface area contributed by atoms with E-state index in [-0.39, 0.29) is 43.4 Å². The summed E-state index contributed by atoms with van der Waals surface area (Å²) in [5.41, 5.74) is 3.03. The maximum atomic E-state index is 13.8. The Hall–Kier alpha value is -2.46. The molecule has 9 nitrogen and oxygen atoms in total. The fourth-order valence-corrected chi connectivity index (χ4v) is 6.42. The van der Waals surface area contributed by atoms with Gasteiger partial charge in [0.05, 0.1) is 28.7 Å². The van der Waals surface area contributed by atoms with Gasteiger partial charge in [-0.05, 0) is 63.3 Å². The van der Waals surface area contributed by atoms with Crippen LogP contribution >= 0.6 is 12.4 Å². The lowest BCUT2D eigenvalue weighted by Crippen LogP contribution is -2.49. The Morgan fingerprint density at radius 3 is 2.63 bits per heavy atom. The highest BCUT2D eigenvalue weighted by Gasteiger charge is 2.45. The summed E-state index contributed by atoms with van der Waals surface area (Å²) in [6, 6.07) is 4.83. The number of carbonyl (C=O) groups is 1. The average Bonchev–Trinajstić information content (AvgIpc) is 3.61. The van der Waals surface area contributed by atoms with E-state index in [2.05, 4.69) is 19.9 Å². The van der Waals surface area contributed by atoms with Gasteiger partial charge < -0.3 is 19.4 Å². The van der Waals surface area contributed by atoms with Crippen LogP contribution in [0.3, 0.4) is 0 Å². The molecule has 6 rings (SSSR count). The molecule has 208 valence electrons. The van der Waals surface area contributed by atoms with Crippen LogP contribution in [0.4, 0.5) is 0 Å². The zero-order valence-electron chi connectivity index (χ0n) is 21.6. The first-order valence-corrected chi connectivity index (χ1v) is 13.2. The number of H-pyrrole nitrogens is 1. The van der Waals surface area contributed by atoms with Crippen molar-refractivity contribution in [2.24, 2.45) is 0 Å². The Balaban J connectivity index is 0.00000168. The first kappa shape index (κ1) is 28.5. The molecule has 3 fully saturated rings. The van der Waals surface area contributed by atoms with E-state index in [1.807, 2.05) is 23.7 Å². The van der Waals surface area contributed by atoms with Crippen LogP contribution in [0, 0.1) is 6.92 Å². The van der Waals surface area contributed by atoms with E-state index < -0.39 is 0 Å². The normalized spacial score (nSPS) is 21.7. The Kier molecular flexibility index (Phi) is 8.82. The van der Waals surface area contributed by atoms with Gasteiger partial charge in [-0.2, -0.15) is 5.10 Å². The van der Waals surface area contributed by atoms with Crippen LogP contribution in [-0.4, -0.2) is 89.1 Å². The van der Waals surface area contributed by atoms with Gasteiger partial charge in [-0.3, -0.25) is 19.2 Å². The van der Waals surface area contributed by atoms with Gasteiger partial charge in [-0.25, -0.2) is 0 Å². The second-order valence-electron chi connectivity index (χ2n) is 10.6. The third-order valence-corrected chi connectivity index (χ3v) is 8.33. The van der Waals surface area contributed by atoms with E-state index in [0.717, 1.165) is 85.9 Å². The van der Waals surface area contributed by atoms with Crippen LogP contribution in [0.15, 0.2) is 23.1 Å². The van der Waals surface area contributed by atoms with Crippen LogP contribution in [0.1, 0.15) is 61.5 Å². The Labute approximate surface area is 229 Å². The molecule has 0 saturated carbocycles. The monoisotopic (exact) mass is 545 g/mol. The number of methoxy groups -OCH3 is 1. The number of aromatic amines is 1. The van der Waals surface area contributed by atoms with Crippen molar-refractivity contribution in [1.29, 1.82) is 0 Å². The number of likely N-dealkylation sites (tertiary alicyclic amines) is 2. The van der Waals surface area contributed by atoms with E-state index in [0.29, 0.717) is 24.6 Å². The minimum absolute atomic E-state index is 0. The van der Waals surface area contributed by atoms with Gasteiger partial charge in [0.25, 0.3) is 11.5 Å². The topological polar surface area (TPSA) is 92.7 Å². The third kappa shape index (κ3) is 4.97. The summed E-state index contributed by atoms with van der Waals surface area (Å²) >= 11 is 0. The number of aryl methyl sites for hydroxylation is 1. The number of fused-ring (bicyclic) bond motifs is 5. The minimum atomic E-state index is -0.142. The van der Waals surface area contributed by atoms with Crippen LogP contribution in [0.5, 0.6) is 0 Å². The molecule has 5 heterocycles. The van der Waals surface area contributed by atoms with Gasteiger partial charge >= 0.3 is 0 Å². The number of pyridine rings is 1. The lowest BCUT2D eigenvalue weighted by atomic mass is 10.0. The molecular weight excluding hydrogens is 506 g/mol. The first-order chi connectivity index (χ1) is 17.5. The van der Waals surface area contributed by atoms with Gasteiger partial charge in [-0.1, -0.05) is 7.43 Å². The molecule has 2 aromatic heterocycles. The SMILES string of the molecule is C.COCCCCN1C[C@@H]2C[C@H]1CN2C(=O)c1cc2c(cc1C)[nH]c(=O)c1cnn(C3CCOCC3)c12.Cl. The molecule has 1 N–H and O–H groups in total. The Morgan fingerprint density at radius 1 is 1.13 bits per heavy atom. The lowest BCUT2D eigenvalue weighted by molar-refractivity contribution is 0.0619. The molecule has 2 bridgehead atoms. The smallest absolute Gasteiger partial charge is 0.259 e. The molecule has 0 unspecified atom stereocenters. The van der Waals surface area contributed by atoms with E-state index in [1.165, 1.54) is 0 Å². The van der Waals surface area contributed by atoms with Crippen LogP contribution < -0.4 is 5.56 Å². The number of aromatic nitrogens is 3. The van der Waals surface area contributed by atoms with E-state index >= 15 is 0 Å². The number of hydrogen-bond acceptors (Lipinski definition) is 6. The number of unbranched alkanes of at least 4 members (excludes halogenated alkanes) is 1. The number of hydrogen-bond donors (Lipinski definition) is 1. The van der Waals surface area contributed by atoms with Crippen LogP contribution in [0.2, 0.25) is 0 Å². The predicted molar refractivity (Wildman–Crippen MR) is 152 cm³/mol. The third-order valence-electron chi connectivity index (χ3n) is 8.33.